The summed E-state index contributed by atoms with van der Waals surface area (Å²) in [6, 6.07) is 14.1. The molecular weight excluding hydrogens is 318 g/mol. The van der Waals surface area contributed by atoms with Gasteiger partial charge in [-0.05, 0) is 73.3 Å². The normalized spacial score (nSPS) is 16.8. The molecule has 0 radical (unpaired) electrons. The van der Waals surface area contributed by atoms with Gasteiger partial charge in [-0.2, -0.15) is 5.10 Å². The molecule has 2 aromatic carbocycles. The number of hydrogen-bond acceptors (Lipinski definition) is 3. The number of aromatic nitrogens is 3. The van der Waals surface area contributed by atoms with Gasteiger partial charge < -0.3 is 5.11 Å². The quantitative estimate of drug-likeness (QED) is 0.675. The molecule has 4 nitrogen and oxygen atoms in total. The molecule has 0 amide bonds. The maximum atomic E-state index is 9.68. The van der Waals surface area contributed by atoms with Crippen LogP contribution in [0.3, 0.4) is 0 Å². The number of H-pyrrole nitrogens is 1. The number of hydrogen-bond donors (Lipinski definition) is 2. The van der Waals surface area contributed by atoms with Crippen molar-refractivity contribution in [3.63, 3.8) is 0 Å². The van der Waals surface area contributed by atoms with Gasteiger partial charge in [0.2, 0.25) is 0 Å². The predicted molar refractivity (Wildman–Crippen MR) is 96.8 cm³/mol. The minimum atomic E-state index is 0.199. The molecular formula is C19H19N3OS. The van der Waals surface area contributed by atoms with Crippen molar-refractivity contribution in [2.24, 2.45) is 0 Å². The molecule has 0 spiro atoms. The first-order valence-corrected chi connectivity index (χ1v) is 8.60. The van der Waals surface area contributed by atoms with Gasteiger partial charge in [0, 0.05) is 5.56 Å². The fourth-order valence-electron chi connectivity index (χ4n) is 3.68. The first kappa shape index (κ1) is 15.1. The first-order chi connectivity index (χ1) is 11.6. The van der Waals surface area contributed by atoms with Crippen molar-refractivity contribution < 1.29 is 5.11 Å². The minimum Gasteiger partial charge on any atom is -0.508 e. The predicted octanol–water partition coefficient (Wildman–Crippen LogP) is 4.55. The Morgan fingerprint density at radius 2 is 2.08 bits per heavy atom. The molecule has 122 valence electrons. The summed E-state index contributed by atoms with van der Waals surface area (Å²) in [6.45, 7) is 1.98. The number of benzene rings is 2. The van der Waals surface area contributed by atoms with Gasteiger partial charge in [-0.25, -0.2) is 0 Å². The Morgan fingerprint density at radius 1 is 1.25 bits per heavy atom. The van der Waals surface area contributed by atoms with Gasteiger partial charge in [-0.3, -0.25) is 9.67 Å². The standard InChI is InChI=1S/C19H19N3OS/c1-12-11-14(23)9-10-15(12)18-20-21-19(24)22(18)17-8-4-6-13-5-2-3-7-16(13)17/h2-3,5,7,9-11,17,23H,4,6,8H2,1H3,(H,21,24). The van der Waals surface area contributed by atoms with Gasteiger partial charge >= 0.3 is 0 Å². The van der Waals surface area contributed by atoms with Crippen LogP contribution in [0.2, 0.25) is 0 Å². The summed E-state index contributed by atoms with van der Waals surface area (Å²) in [5, 5.41) is 17.1. The first-order valence-electron chi connectivity index (χ1n) is 8.20. The molecule has 0 saturated heterocycles. The van der Waals surface area contributed by atoms with Crippen LogP contribution in [0, 0.1) is 11.7 Å². The Bertz CT molecular complexity index is 957. The number of rotatable bonds is 2. The largest absolute Gasteiger partial charge is 0.508 e. The summed E-state index contributed by atoms with van der Waals surface area (Å²) >= 11 is 5.55. The number of fused-ring (bicyclic) bond motifs is 1. The Kier molecular flexibility index (Phi) is 3.73. The van der Waals surface area contributed by atoms with E-state index in [2.05, 4.69) is 39.0 Å². The molecule has 3 aromatic rings. The van der Waals surface area contributed by atoms with Crippen LogP contribution in [-0.4, -0.2) is 19.9 Å². The highest BCUT2D eigenvalue weighted by atomic mass is 32.1. The van der Waals surface area contributed by atoms with Crippen LogP contribution in [-0.2, 0) is 6.42 Å². The number of aromatic hydroxyl groups is 1. The minimum absolute atomic E-state index is 0.199. The summed E-state index contributed by atoms with van der Waals surface area (Å²) in [5.41, 5.74) is 4.70. The van der Waals surface area contributed by atoms with Gasteiger partial charge in [0.25, 0.3) is 0 Å². The van der Waals surface area contributed by atoms with E-state index >= 15 is 0 Å². The number of nitrogens with zero attached hydrogens (tertiary/aromatic N) is 2. The van der Waals surface area contributed by atoms with Crippen molar-refractivity contribution in [2.75, 3.05) is 0 Å². The van der Waals surface area contributed by atoms with E-state index in [1.54, 1.807) is 12.1 Å². The van der Waals surface area contributed by atoms with Crippen LogP contribution in [0.15, 0.2) is 42.5 Å². The van der Waals surface area contributed by atoms with Crippen LogP contribution in [0.5, 0.6) is 5.75 Å². The SMILES string of the molecule is Cc1cc(O)ccc1-c1n[nH]c(=S)n1C1CCCc2ccccc21. The lowest BCUT2D eigenvalue weighted by Gasteiger charge is -2.27. The van der Waals surface area contributed by atoms with Crippen LogP contribution in [0.25, 0.3) is 11.4 Å². The molecule has 1 unspecified atom stereocenters. The lowest BCUT2D eigenvalue weighted by molar-refractivity contribution is 0.474. The molecule has 0 saturated carbocycles. The number of aromatic amines is 1. The zero-order valence-corrected chi connectivity index (χ0v) is 14.3. The fraction of sp³-hybridized carbons (Fsp3) is 0.263. The van der Waals surface area contributed by atoms with E-state index < -0.39 is 0 Å². The number of aryl methyl sites for hydroxylation is 2. The number of nitrogens with one attached hydrogen (secondary N) is 1. The maximum absolute atomic E-state index is 9.68. The fourth-order valence-corrected chi connectivity index (χ4v) is 3.94. The van der Waals surface area contributed by atoms with Crippen molar-refractivity contribution >= 4 is 12.2 Å². The van der Waals surface area contributed by atoms with Gasteiger partial charge in [0.1, 0.15) is 5.75 Å². The molecule has 24 heavy (non-hydrogen) atoms. The van der Waals surface area contributed by atoms with Gasteiger partial charge in [0.15, 0.2) is 10.6 Å². The van der Waals surface area contributed by atoms with Gasteiger partial charge in [0.05, 0.1) is 6.04 Å². The molecule has 4 rings (SSSR count). The smallest absolute Gasteiger partial charge is 0.196 e. The van der Waals surface area contributed by atoms with E-state index in [0.29, 0.717) is 4.77 Å². The lowest BCUT2D eigenvalue weighted by atomic mass is 9.87. The summed E-state index contributed by atoms with van der Waals surface area (Å²) in [4.78, 5) is 0. The van der Waals surface area contributed by atoms with Crippen LogP contribution in [0.1, 0.15) is 35.6 Å². The number of phenols is 1. The Hall–Kier alpha value is -2.40. The van der Waals surface area contributed by atoms with E-state index in [-0.39, 0.29) is 11.8 Å². The molecule has 1 aliphatic carbocycles. The highest BCUT2D eigenvalue weighted by Gasteiger charge is 2.25. The van der Waals surface area contributed by atoms with Gasteiger partial charge in [-0.15, -0.1) is 0 Å². The van der Waals surface area contributed by atoms with E-state index in [9.17, 15) is 5.11 Å². The average molecular weight is 337 g/mol. The van der Waals surface area contributed by atoms with E-state index in [1.165, 1.54) is 11.1 Å². The topological polar surface area (TPSA) is 53.8 Å². The third-order valence-corrected chi connectivity index (χ3v) is 5.09. The zero-order chi connectivity index (χ0) is 16.7. The molecule has 5 heteroatoms. The second-order valence-corrected chi connectivity index (χ2v) is 6.72. The lowest BCUT2D eigenvalue weighted by Crippen LogP contribution is -2.18. The third kappa shape index (κ3) is 2.45. The average Bonchev–Trinajstić information content (AvgIpc) is 2.95. The van der Waals surface area contributed by atoms with Crippen LogP contribution in [0.4, 0.5) is 0 Å². The maximum Gasteiger partial charge on any atom is 0.196 e. The van der Waals surface area contributed by atoms with E-state index in [1.807, 2.05) is 13.0 Å². The van der Waals surface area contributed by atoms with Gasteiger partial charge in [-0.1, -0.05) is 24.3 Å². The molecule has 2 N–H and O–H groups in total. The zero-order valence-electron chi connectivity index (χ0n) is 13.5. The molecule has 0 fully saturated rings. The highest BCUT2D eigenvalue weighted by molar-refractivity contribution is 7.71. The molecule has 0 aliphatic heterocycles. The van der Waals surface area contributed by atoms with E-state index in [4.69, 9.17) is 12.2 Å². The van der Waals surface area contributed by atoms with E-state index in [0.717, 1.165) is 36.2 Å². The molecule has 1 atom stereocenters. The van der Waals surface area contributed by atoms with Crippen LogP contribution >= 0.6 is 12.2 Å². The van der Waals surface area contributed by atoms with Crippen molar-refractivity contribution in [3.05, 3.63) is 63.9 Å². The van der Waals surface area contributed by atoms with Crippen molar-refractivity contribution in [3.8, 4) is 17.1 Å². The molecule has 1 heterocycles. The molecule has 1 aromatic heterocycles. The Labute approximate surface area is 145 Å². The third-order valence-electron chi connectivity index (χ3n) is 4.80. The summed E-state index contributed by atoms with van der Waals surface area (Å²) < 4.78 is 2.77. The van der Waals surface area contributed by atoms with Crippen molar-refractivity contribution in [1.29, 1.82) is 0 Å². The second-order valence-electron chi connectivity index (χ2n) is 6.33. The summed E-state index contributed by atoms with van der Waals surface area (Å²) in [6.07, 6.45) is 3.31. The number of phenolic OH excluding ortho intramolecular Hbond substituents is 1. The molecule has 1 aliphatic rings. The van der Waals surface area contributed by atoms with Crippen molar-refractivity contribution in [2.45, 2.75) is 32.2 Å². The summed E-state index contributed by atoms with van der Waals surface area (Å²) in [7, 11) is 0. The monoisotopic (exact) mass is 337 g/mol. The molecule has 0 bridgehead atoms. The second kappa shape index (κ2) is 5.91. The van der Waals surface area contributed by atoms with Crippen molar-refractivity contribution in [1.82, 2.24) is 14.8 Å². The van der Waals surface area contributed by atoms with Crippen LogP contribution < -0.4 is 0 Å². The Balaban J connectivity index is 1.89. The summed E-state index contributed by atoms with van der Waals surface area (Å²) in [5.74, 6) is 1.10. The Morgan fingerprint density at radius 3 is 2.92 bits per heavy atom. The highest BCUT2D eigenvalue weighted by Crippen LogP contribution is 2.36.